The van der Waals surface area contributed by atoms with Crippen molar-refractivity contribution in [1.29, 1.82) is 0 Å². The predicted octanol–water partition coefficient (Wildman–Crippen LogP) is 1.78. The number of carbonyl (C=O) groups is 1. The van der Waals surface area contributed by atoms with Gasteiger partial charge in [0.25, 0.3) is 0 Å². The summed E-state index contributed by atoms with van der Waals surface area (Å²) in [4.78, 5) is 10.9. The van der Waals surface area contributed by atoms with Gasteiger partial charge in [0, 0.05) is 0 Å². The van der Waals surface area contributed by atoms with Crippen molar-refractivity contribution in [3.8, 4) is 0 Å². The van der Waals surface area contributed by atoms with Crippen molar-refractivity contribution in [3.63, 3.8) is 0 Å². The van der Waals surface area contributed by atoms with Crippen LogP contribution in [0.25, 0.3) is 0 Å². The normalized spacial score (nSPS) is 16.4. The number of aliphatic hydroxyl groups is 1. The molecule has 0 aliphatic heterocycles. The molecule has 2 N–H and O–H groups in total. The highest BCUT2D eigenvalue weighted by molar-refractivity contribution is 5.74. The van der Waals surface area contributed by atoms with Gasteiger partial charge in [-0.2, -0.15) is 0 Å². The molecule has 3 heteroatoms. The molecule has 0 aliphatic rings. The topological polar surface area (TPSA) is 57.5 Å². The molecule has 0 amide bonds. The Hall–Kier alpha value is -1.61. The Morgan fingerprint density at radius 1 is 1.47 bits per heavy atom. The molecule has 2 atom stereocenters. The van der Waals surface area contributed by atoms with E-state index in [1.807, 2.05) is 6.07 Å². The Labute approximate surface area is 88.7 Å². The third kappa shape index (κ3) is 2.25. The second-order valence-electron chi connectivity index (χ2n) is 3.57. The molecule has 80 valence electrons. The average molecular weight is 206 g/mol. The lowest BCUT2D eigenvalue weighted by atomic mass is 9.83. The number of hydrogen-bond donors (Lipinski definition) is 2. The first-order valence-electron chi connectivity index (χ1n) is 4.63. The molecular formula is C12H14O3. The van der Waals surface area contributed by atoms with Gasteiger partial charge in [0.1, 0.15) is 11.5 Å². The molecule has 0 aliphatic carbocycles. The minimum atomic E-state index is -1.44. The van der Waals surface area contributed by atoms with E-state index in [0.29, 0.717) is 5.56 Å². The zero-order valence-electron chi connectivity index (χ0n) is 8.55. The maximum absolute atomic E-state index is 10.9. The quantitative estimate of drug-likeness (QED) is 0.738. The lowest BCUT2D eigenvalue weighted by Crippen LogP contribution is -2.35. The van der Waals surface area contributed by atoms with Crippen LogP contribution < -0.4 is 0 Å². The summed E-state index contributed by atoms with van der Waals surface area (Å²) in [6.45, 7) is 4.91. The summed E-state index contributed by atoms with van der Waals surface area (Å²) in [6, 6.07) is 8.71. The van der Waals surface area contributed by atoms with Gasteiger partial charge in [0.05, 0.1) is 0 Å². The van der Waals surface area contributed by atoms with E-state index in [0.717, 1.165) is 0 Å². The first-order chi connectivity index (χ1) is 7.00. The number of carboxylic acids is 1. The van der Waals surface area contributed by atoms with Crippen molar-refractivity contribution in [2.24, 2.45) is 5.92 Å². The maximum atomic E-state index is 10.9. The van der Waals surface area contributed by atoms with Crippen LogP contribution in [0.15, 0.2) is 43.0 Å². The van der Waals surface area contributed by atoms with Crippen LogP contribution in [-0.2, 0) is 10.4 Å². The predicted molar refractivity (Wildman–Crippen MR) is 57.3 cm³/mol. The molecule has 0 radical (unpaired) electrons. The Balaban J connectivity index is 3.11. The van der Waals surface area contributed by atoms with Gasteiger partial charge in [0.2, 0.25) is 0 Å². The second-order valence-corrected chi connectivity index (χ2v) is 3.57. The van der Waals surface area contributed by atoms with Crippen LogP contribution in [0, 0.1) is 5.92 Å². The summed E-state index contributed by atoms with van der Waals surface area (Å²) in [6.07, 6.45) is 1.25. The molecule has 1 aromatic rings. The van der Waals surface area contributed by atoms with Gasteiger partial charge in [-0.1, -0.05) is 36.4 Å². The fourth-order valence-electron chi connectivity index (χ4n) is 1.53. The Bertz CT molecular complexity index is 354. The van der Waals surface area contributed by atoms with E-state index < -0.39 is 17.5 Å². The van der Waals surface area contributed by atoms with Crippen LogP contribution in [0.3, 0.4) is 0 Å². The van der Waals surface area contributed by atoms with Crippen molar-refractivity contribution >= 4 is 5.97 Å². The average Bonchev–Trinajstić information content (AvgIpc) is 2.19. The summed E-state index contributed by atoms with van der Waals surface area (Å²) < 4.78 is 0. The summed E-state index contributed by atoms with van der Waals surface area (Å²) in [7, 11) is 0. The van der Waals surface area contributed by atoms with Crippen LogP contribution in [0.4, 0.5) is 0 Å². The molecule has 1 rings (SSSR count). The number of rotatable bonds is 4. The molecule has 0 unspecified atom stereocenters. The van der Waals surface area contributed by atoms with Crippen LogP contribution in [0.5, 0.6) is 0 Å². The molecule has 0 aromatic heterocycles. The number of carboxylic acid groups (broad SMARTS) is 1. The van der Waals surface area contributed by atoms with Crippen molar-refractivity contribution in [3.05, 3.63) is 48.6 Å². The number of aliphatic carboxylic acids is 1. The van der Waals surface area contributed by atoms with Crippen molar-refractivity contribution < 1.29 is 15.0 Å². The van der Waals surface area contributed by atoms with E-state index in [9.17, 15) is 9.90 Å². The summed E-state index contributed by atoms with van der Waals surface area (Å²) in [5, 5.41) is 19.1. The van der Waals surface area contributed by atoms with E-state index in [4.69, 9.17) is 5.11 Å². The lowest BCUT2D eigenvalue weighted by molar-refractivity contribution is -0.148. The zero-order chi connectivity index (χ0) is 11.5. The number of benzene rings is 1. The molecule has 1 aromatic carbocycles. The number of hydrogen-bond acceptors (Lipinski definition) is 2. The largest absolute Gasteiger partial charge is 0.481 e. The van der Waals surface area contributed by atoms with Gasteiger partial charge >= 0.3 is 5.97 Å². The zero-order valence-corrected chi connectivity index (χ0v) is 8.55. The van der Waals surface area contributed by atoms with Crippen molar-refractivity contribution in [2.75, 3.05) is 0 Å². The summed E-state index contributed by atoms with van der Waals surface area (Å²) in [5.41, 5.74) is -0.869. The minimum absolute atomic E-state index is 0.567. The Kier molecular flexibility index (Phi) is 3.27. The second kappa shape index (κ2) is 4.28. The van der Waals surface area contributed by atoms with Crippen molar-refractivity contribution in [2.45, 2.75) is 12.5 Å². The van der Waals surface area contributed by atoms with Gasteiger partial charge in [-0.25, -0.2) is 0 Å². The first-order valence-corrected chi connectivity index (χ1v) is 4.63. The molecule has 0 fully saturated rings. The molecule has 0 saturated carbocycles. The third-order valence-corrected chi connectivity index (χ3v) is 2.47. The smallest absolute Gasteiger partial charge is 0.313 e. The van der Waals surface area contributed by atoms with E-state index in [1.54, 1.807) is 24.3 Å². The Morgan fingerprint density at radius 3 is 2.40 bits per heavy atom. The van der Waals surface area contributed by atoms with Crippen LogP contribution in [0.1, 0.15) is 12.5 Å². The maximum Gasteiger partial charge on any atom is 0.313 e. The first kappa shape index (κ1) is 11.5. The monoisotopic (exact) mass is 206 g/mol. The minimum Gasteiger partial charge on any atom is -0.481 e. The summed E-state index contributed by atoms with van der Waals surface area (Å²) in [5.74, 6) is -2.10. The van der Waals surface area contributed by atoms with Crippen LogP contribution in [0.2, 0.25) is 0 Å². The van der Waals surface area contributed by atoms with Crippen LogP contribution in [-0.4, -0.2) is 16.2 Å². The van der Waals surface area contributed by atoms with Gasteiger partial charge in [-0.15, -0.1) is 6.58 Å². The van der Waals surface area contributed by atoms with Crippen LogP contribution >= 0.6 is 0 Å². The summed E-state index contributed by atoms with van der Waals surface area (Å²) >= 11 is 0. The highest BCUT2D eigenvalue weighted by Crippen LogP contribution is 2.30. The Morgan fingerprint density at radius 2 is 2.00 bits per heavy atom. The van der Waals surface area contributed by atoms with E-state index in [2.05, 4.69) is 6.58 Å². The van der Waals surface area contributed by atoms with Gasteiger partial charge < -0.3 is 10.2 Å². The fourth-order valence-corrected chi connectivity index (χ4v) is 1.53. The van der Waals surface area contributed by atoms with Gasteiger partial charge in [0.15, 0.2) is 0 Å². The third-order valence-electron chi connectivity index (χ3n) is 2.47. The molecule has 0 bridgehead atoms. The van der Waals surface area contributed by atoms with Gasteiger partial charge in [-0.05, 0) is 12.5 Å². The van der Waals surface area contributed by atoms with E-state index >= 15 is 0 Å². The lowest BCUT2D eigenvalue weighted by Gasteiger charge is -2.28. The molecule has 15 heavy (non-hydrogen) atoms. The van der Waals surface area contributed by atoms with Crippen molar-refractivity contribution in [1.82, 2.24) is 0 Å². The molecule has 0 heterocycles. The fraction of sp³-hybridized carbons (Fsp3) is 0.250. The highest BCUT2D eigenvalue weighted by atomic mass is 16.4. The SMILES string of the molecule is C=C[C@@H](C(=O)O)[C@](C)(O)c1ccccc1. The molecule has 0 spiro atoms. The standard InChI is InChI=1S/C12H14O3/c1-3-10(11(13)14)12(2,15)9-7-5-4-6-8-9/h3-8,10,15H,1H2,2H3,(H,13,14)/t10-,12+/m0/s1. The molecule has 0 saturated heterocycles. The van der Waals surface area contributed by atoms with E-state index in [-0.39, 0.29) is 0 Å². The highest BCUT2D eigenvalue weighted by Gasteiger charge is 2.36. The van der Waals surface area contributed by atoms with E-state index in [1.165, 1.54) is 13.0 Å². The molecular weight excluding hydrogens is 192 g/mol. The molecule has 3 nitrogen and oxygen atoms in total. The van der Waals surface area contributed by atoms with Gasteiger partial charge in [-0.3, -0.25) is 4.79 Å².